The van der Waals surface area contributed by atoms with E-state index in [1.807, 2.05) is 0 Å². The zero-order valence-corrected chi connectivity index (χ0v) is 12.6. The molecule has 2 nitrogen and oxygen atoms in total. The Morgan fingerprint density at radius 3 is 2.80 bits per heavy atom. The van der Waals surface area contributed by atoms with Crippen LogP contribution in [0.1, 0.15) is 44.6 Å². The molecule has 3 rings (SSSR count). The number of fused-ring (bicyclic) bond motifs is 1. The van der Waals surface area contributed by atoms with E-state index in [4.69, 9.17) is 0 Å². The highest BCUT2D eigenvalue weighted by Gasteiger charge is 2.25. The summed E-state index contributed by atoms with van der Waals surface area (Å²) in [5, 5.41) is 10.4. The zero-order chi connectivity index (χ0) is 13.9. The van der Waals surface area contributed by atoms with Gasteiger partial charge in [0.1, 0.15) is 0 Å². The lowest BCUT2D eigenvalue weighted by molar-refractivity contribution is 0.146. The molecule has 110 valence electrons. The molecule has 1 aromatic carbocycles. The van der Waals surface area contributed by atoms with Crippen molar-refractivity contribution in [3.63, 3.8) is 0 Å². The van der Waals surface area contributed by atoms with Crippen LogP contribution in [0.3, 0.4) is 0 Å². The Kier molecular flexibility index (Phi) is 4.30. The van der Waals surface area contributed by atoms with Crippen molar-refractivity contribution < 1.29 is 5.11 Å². The third-order valence-corrected chi connectivity index (χ3v) is 4.94. The maximum atomic E-state index is 10.4. The largest absolute Gasteiger partial charge is 0.391 e. The monoisotopic (exact) mass is 273 g/mol. The fourth-order valence-electron chi connectivity index (χ4n) is 4.04. The summed E-state index contributed by atoms with van der Waals surface area (Å²) in [6.07, 6.45) is 7.37. The van der Waals surface area contributed by atoms with Crippen molar-refractivity contribution >= 4 is 5.69 Å². The molecule has 0 amide bonds. The molecule has 2 unspecified atom stereocenters. The first-order valence-electron chi connectivity index (χ1n) is 8.23. The quantitative estimate of drug-likeness (QED) is 0.905. The Morgan fingerprint density at radius 1 is 1.25 bits per heavy atom. The van der Waals surface area contributed by atoms with Crippen LogP contribution in [0.15, 0.2) is 24.3 Å². The average molecular weight is 273 g/mol. The van der Waals surface area contributed by atoms with Crippen LogP contribution in [0.25, 0.3) is 0 Å². The van der Waals surface area contributed by atoms with E-state index in [0.717, 1.165) is 25.4 Å². The molecule has 0 spiro atoms. The topological polar surface area (TPSA) is 23.5 Å². The molecule has 0 bridgehead atoms. The van der Waals surface area contributed by atoms with Gasteiger partial charge in [-0.2, -0.15) is 0 Å². The van der Waals surface area contributed by atoms with Crippen LogP contribution in [-0.4, -0.2) is 24.3 Å². The van der Waals surface area contributed by atoms with Gasteiger partial charge in [0, 0.05) is 18.8 Å². The van der Waals surface area contributed by atoms with Gasteiger partial charge in [-0.3, -0.25) is 0 Å². The van der Waals surface area contributed by atoms with Crippen molar-refractivity contribution in [1.29, 1.82) is 0 Å². The Labute approximate surface area is 122 Å². The summed E-state index contributed by atoms with van der Waals surface area (Å²) in [6.45, 7) is 4.20. The van der Waals surface area contributed by atoms with Crippen LogP contribution < -0.4 is 4.90 Å². The molecule has 20 heavy (non-hydrogen) atoms. The minimum absolute atomic E-state index is 0.170. The standard InChI is InChI=1S/C18H27NO/c1-14-10-16-8-4-5-9-18(16)19(12-14)13-17(20)11-15-6-2-3-7-15/h4-5,8-9,14-15,17,20H,2-3,6-7,10-13H2,1H3. The summed E-state index contributed by atoms with van der Waals surface area (Å²) >= 11 is 0. The minimum atomic E-state index is -0.170. The number of hydrogen-bond acceptors (Lipinski definition) is 2. The lowest BCUT2D eigenvalue weighted by Crippen LogP contribution is -2.40. The molecule has 1 aliphatic heterocycles. The van der Waals surface area contributed by atoms with Crippen molar-refractivity contribution in [3.05, 3.63) is 29.8 Å². The molecule has 1 fully saturated rings. The van der Waals surface area contributed by atoms with Gasteiger partial charge in [0.25, 0.3) is 0 Å². The maximum Gasteiger partial charge on any atom is 0.0717 e. The van der Waals surface area contributed by atoms with Crippen LogP contribution in [0.5, 0.6) is 0 Å². The van der Waals surface area contributed by atoms with Gasteiger partial charge in [-0.15, -0.1) is 0 Å². The highest BCUT2D eigenvalue weighted by molar-refractivity contribution is 5.55. The zero-order valence-electron chi connectivity index (χ0n) is 12.6. The molecule has 1 N–H and O–H groups in total. The number of rotatable bonds is 4. The average Bonchev–Trinajstić information content (AvgIpc) is 2.91. The predicted octanol–water partition coefficient (Wildman–Crippen LogP) is 3.63. The molecule has 1 aromatic rings. The van der Waals surface area contributed by atoms with E-state index in [2.05, 4.69) is 36.1 Å². The SMILES string of the molecule is CC1Cc2ccccc2N(CC(O)CC2CCCC2)C1. The summed E-state index contributed by atoms with van der Waals surface area (Å²) in [4.78, 5) is 2.41. The second-order valence-electron chi connectivity index (χ2n) is 6.88. The maximum absolute atomic E-state index is 10.4. The lowest BCUT2D eigenvalue weighted by atomic mass is 9.93. The molecular formula is C18H27NO. The van der Waals surface area contributed by atoms with E-state index in [1.54, 1.807) is 0 Å². The Balaban J connectivity index is 1.64. The van der Waals surface area contributed by atoms with Gasteiger partial charge in [-0.05, 0) is 36.3 Å². The Morgan fingerprint density at radius 2 is 2.00 bits per heavy atom. The normalized spacial score (nSPS) is 24.7. The third-order valence-electron chi connectivity index (χ3n) is 4.94. The summed E-state index contributed by atoms with van der Waals surface area (Å²) < 4.78 is 0. The fourth-order valence-corrected chi connectivity index (χ4v) is 4.04. The molecule has 0 saturated heterocycles. The van der Waals surface area contributed by atoms with E-state index < -0.39 is 0 Å². The first-order valence-corrected chi connectivity index (χ1v) is 8.23. The summed E-state index contributed by atoms with van der Waals surface area (Å²) in [6, 6.07) is 8.69. The van der Waals surface area contributed by atoms with Crippen molar-refractivity contribution in [1.82, 2.24) is 0 Å². The summed E-state index contributed by atoms with van der Waals surface area (Å²) in [5.41, 5.74) is 2.79. The molecule has 1 aliphatic carbocycles. The molecule has 1 heterocycles. The molecule has 1 saturated carbocycles. The number of β-amino-alcohol motifs (C(OH)–C–C–N with tert-alkyl or cyclic N) is 1. The van der Waals surface area contributed by atoms with Crippen molar-refractivity contribution in [2.45, 2.75) is 51.6 Å². The number of benzene rings is 1. The Hall–Kier alpha value is -1.02. The summed E-state index contributed by atoms with van der Waals surface area (Å²) in [5.74, 6) is 1.45. The van der Waals surface area contributed by atoms with Gasteiger partial charge < -0.3 is 10.0 Å². The van der Waals surface area contributed by atoms with Crippen LogP contribution in [0.4, 0.5) is 5.69 Å². The van der Waals surface area contributed by atoms with Crippen LogP contribution in [0, 0.1) is 11.8 Å². The molecular weight excluding hydrogens is 246 g/mol. The predicted molar refractivity (Wildman–Crippen MR) is 84.1 cm³/mol. The van der Waals surface area contributed by atoms with Crippen LogP contribution >= 0.6 is 0 Å². The summed E-state index contributed by atoms with van der Waals surface area (Å²) in [7, 11) is 0. The lowest BCUT2D eigenvalue weighted by Gasteiger charge is -2.36. The third kappa shape index (κ3) is 3.17. The van der Waals surface area contributed by atoms with Crippen LogP contribution in [0.2, 0.25) is 0 Å². The molecule has 0 aromatic heterocycles. The van der Waals surface area contributed by atoms with Gasteiger partial charge in [0.05, 0.1) is 6.10 Å². The van der Waals surface area contributed by atoms with Gasteiger partial charge in [0.15, 0.2) is 0 Å². The number of anilines is 1. The van der Waals surface area contributed by atoms with Crippen LogP contribution in [-0.2, 0) is 6.42 Å². The molecule has 0 radical (unpaired) electrons. The van der Waals surface area contributed by atoms with E-state index in [0.29, 0.717) is 5.92 Å². The smallest absolute Gasteiger partial charge is 0.0717 e. The Bertz CT molecular complexity index is 439. The number of nitrogens with zero attached hydrogens (tertiary/aromatic N) is 1. The fraction of sp³-hybridized carbons (Fsp3) is 0.667. The van der Waals surface area contributed by atoms with Gasteiger partial charge in [0.2, 0.25) is 0 Å². The van der Waals surface area contributed by atoms with E-state index >= 15 is 0 Å². The van der Waals surface area contributed by atoms with Crippen molar-refractivity contribution in [3.8, 4) is 0 Å². The van der Waals surface area contributed by atoms with Crippen molar-refractivity contribution in [2.24, 2.45) is 11.8 Å². The molecule has 2 atom stereocenters. The van der Waals surface area contributed by atoms with Gasteiger partial charge in [-0.1, -0.05) is 50.8 Å². The molecule has 2 aliphatic rings. The van der Waals surface area contributed by atoms with E-state index in [1.165, 1.54) is 43.4 Å². The number of aliphatic hydroxyl groups is 1. The number of para-hydroxylation sites is 1. The number of aliphatic hydroxyl groups excluding tert-OH is 1. The highest BCUT2D eigenvalue weighted by atomic mass is 16.3. The van der Waals surface area contributed by atoms with Gasteiger partial charge >= 0.3 is 0 Å². The van der Waals surface area contributed by atoms with Gasteiger partial charge in [-0.25, -0.2) is 0 Å². The first kappa shape index (κ1) is 13.9. The van der Waals surface area contributed by atoms with E-state index in [-0.39, 0.29) is 6.10 Å². The van der Waals surface area contributed by atoms with E-state index in [9.17, 15) is 5.11 Å². The minimum Gasteiger partial charge on any atom is -0.391 e. The first-order chi connectivity index (χ1) is 9.72. The number of hydrogen-bond donors (Lipinski definition) is 1. The second-order valence-corrected chi connectivity index (χ2v) is 6.88. The molecule has 2 heteroatoms. The second kappa shape index (κ2) is 6.17. The van der Waals surface area contributed by atoms with Crippen molar-refractivity contribution in [2.75, 3.05) is 18.0 Å². The highest BCUT2D eigenvalue weighted by Crippen LogP contribution is 2.32.